The van der Waals surface area contributed by atoms with E-state index in [2.05, 4.69) is 4.90 Å². The van der Waals surface area contributed by atoms with Gasteiger partial charge in [-0.25, -0.2) is 0 Å². The zero-order valence-corrected chi connectivity index (χ0v) is 13.3. The fraction of sp³-hybridized carbons (Fsp3) is 0.500. The molecule has 1 aromatic rings. The number of hydrogen-bond acceptors (Lipinski definition) is 4. The van der Waals surface area contributed by atoms with Gasteiger partial charge in [0.1, 0.15) is 5.75 Å². The molecule has 0 unspecified atom stereocenters. The van der Waals surface area contributed by atoms with Crippen LogP contribution in [0.25, 0.3) is 0 Å². The fourth-order valence-corrected chi connectivity index (χ4v) is 2.26. The third kappa shape index (κ3) is 5.71. The van der Waals surface area contributed by atoms with Crippen molar-refractivity contribution in [3.8, 4) is 5.75 Å². The van der Waals surface area contributed by atoms with Crippen LogP contribution in [-0.2, 0) is 4.79 Å². The van der Waals surface area contributed by atoms with Gasteiger partial charge in [0.15, 0.2) is 6.61 Å². The minimum Gasteiger partial charge on any atom is -0.484 e. The first-order valence-electron chi connectivity index (χ1n) is 6.68. The highest BCUT2D eigenvalue weighted by Gasteiger charge is 2.20. The monoisotopic (exact) mass is 334 g/mol. The van der Waals surface area contributed by atoms with E-state index >= 15 is 0 Å². The number of hydrogen-bond donors (Lipinski definition) is 1. The van der Waals surface area contributed by atoms with Gasteiger partial charge in [-0.05, 0) is 24.3 Å². The first-order chi connectivity index (χ1) is 9.69. The number of carbonyl (C=O) groups is 1. The Balaban J connectivity index is 0.00000220. The van der Waals surface area contributed by atoms with Crippen LogP contribution in [0.5, 0.6) is 5.75 Å². The smallest absolute Gasteiger partial charge is 0.260 e. The molecular formula is C14H20Cl2N2O3. The summed E-state index contributed by atoms with van der Waals surface area (Å²) in [5.41, 5.74) is 0. The molecule has 1 heterocycles. The van der Waals surface area contributed by atoms with Gasteiger partial charge in [-0.1, -0.05) is 11.6 Å². The SMILES string of the molecule is Cl.O=C(COc1ccc(Cl)cc1)N1CCN(CCO)CC1. The van der Waals surface area contributed by atoms with Crippen LogP contribution in [-0.4, -0.2) is 66.8 Å². The number of carbonyl (C=O) groups excluding carboxylic acids is 1. The number of piperazine rings is 1. The fourth-order valence-electron chi connectivity index (χ4n) is 2.13. The highest BCUT2D eigenvalue weighted by atomic mass is 35.5. The van der Waals surface area contributed by atoms with Gasteiger partial charge in [0.05, 0.1) is 6.61 Å². The second-order valence-corrected chi connectivity index (χ2v) is 5.13. The van der Waals surface area contributed by atoms with E-state index in [-0.39, 0.29) is 31.5 Å². The first-order valence-corrected chi connectivity index (χ1v) is 7.06. The minimum atomic E-state index is -0.0106. The normalized spacial score (nSPS) is 15.4. The summed E-state index contributed by atoms with van der Waals surface area (Å²) in [7, 11) is 0. The summed E-state index contributed by atoms with van der Waals surface area (Å²) in [5.74, 6) is 0.630. The molecule has 21 heavy (non-hydrogen) atoms. The van der Waals surface area contributed by atoms with Crippen molar-refractivity contribution in [2.75, 3.05) is 45.9 Å². The third-order valence-electron chi connectivity index (χ3n) is 3.32. The van der Waals surface area contributed by atoms with E-state index in [0.717, 1.165) is 13.1 Å². The number of β-amino-alcohol motifs (C(OH)–C–C–N with tert-alkyl or cyclic N) is 1. The van der Waals surface area contributed by atoms with Crippen LogP contribution in [0, 0.1) is 0 Å². The van der Waals surface area contributed by atoms with Crippen molar-refractivity contribution in [3.05, 3.63) is 29.3 Å². The van der Waals surface area contributed by atoms with Crippen molar-refractivity contribution in [3.63, 3.8) is 0 Å². The van der Waals surface area contributed by atoms with Crippen LogP contribution in [0.2, 0.25) is 5.02 Å². The molecule has 0 spiro atoms. The molecule has 1 N–H and O–H groups in total. The number of nitrogens with zero attached hydrogens (tertiary/aromatic N) is 2. The molecular weight excluding hydrogens is 315 g/mol. The van der Waals surface area contributed by atoms with Gasteiger partial charge in [-0.3, -0.25) is 9.69 Å². The van der Waals surface area contributed by atoms with Gasteiger partial charge in [0.25, 0.3) is 5.91 Å². The molecule has 1 fully saturated rings. The van der Waals surface area contributed by atoms with Crippen molar-refractivity contribution in [1.29, 1.82) is 0 Å². The molecule has 0 bridgehead atoms. The average molecular weight is 335 g/mol. The number of amides is 1. The van der Waals surface area contributed by atoms with Gasteiger partial charge in [-0.15, -0.1) is 12.4 Å². The first kappa shape index (κ1) is 18.0. The predicted molar refractivity (Wildman–Crippen MR) is 84.3 cm³/mol. The Morgan fingerprint density at radius 1 is 1.19 bits per heavy atom. The lowest BCUT2D eigenvalue weighted by Crippen LogP contribution is -2.50. The molecule has 1 aliphatic heterocycles. The molecule has 0 aromatic heterocycles. The molecule has 5 nitrogen and oxygen atoms in total. The summed E-state index contributed by atoms with van der Waals surface area (Å²) >= 11 is 5.78. The van der Waals surface area contributed by atoms with Crippen LogP contribution in [0.4, 0.5) is 0 Å². The summed E-state index contributed by atoms with van der Waals surface area (Å²) in [6.07, 6.45) is 0. The summed E-state index contributed by atoms with van der Waals surface area (Å²) in [6, 6.07) is 6.95. The van der Waals surface area contributed by atoms with E-state index in [1.54, 1.807) is 29.2 Å². The molecule has 0 atom stereocenters. The zero-order chi connectivity index (χ0) is 14.4. The summed E-state index contributed by atoms with van der Waals surface area (Å²) < 4.78 is 5.45. The van der Waals surface area contributed by atoms with Gasteiger partial charge in [-0.2, -0.15) is 0 Å². The van der Waals surface area contributed by atoms with Crippen molar-refractivity contribution in [2.24, 2.45) is 0 Å². The maximum absolute atomic E-state index is 12.0. The molecule has 1 amide bonds. The Bertz CT molecular complexity index is 434. The lowest BCUT2D eigenvalue weighted by atomic mass is 10.3. The summed E-state index contributed by atoms with van der Waals surface area (Å²) in [6.45, 7) is 3.84. The van der Waals surface area contributed by atoms with Crippen molar-refractivity contribution in [1.82, 2.24) is 9.80 Å². The molecule has 1 aliphatic rings. The largest absolute Gasteiger partial charge is 0.484 e. The second-order valence-electron chi connectivity index (χ2n) is 4.69. The molecule has 7 heteroatoms. The molecule has 0 radical (unpaired) electrons. The summed E-state index contributed by atoms with van der Waals surface area (Å²) in [4.78, 5) is 15.9. The van der Waals surface area contributed by atoms with Crippen LogP contribution in [0.15, 0.2) is 24.3 Å². The van der Waals surface area contributed by atoms with Crippen LogP contribution in [0.1, 0.15) is 0 Å². The van der Waals surface area contributed by atoms with E-state index < -0.39 is 0 Å². The number of rotatable bonds is 5. The standard InChI is InChI=1S/C14H19ClN2O3.ClH/c15-12-1-3-13(4-2-12)20-11-14(19)17-7-5-16(6-8-17)9-10-18;/h1-4,18H,5-11H2;1H. The number of halogens is 2. The Morgan fingerprint density at radius 3 is 2.38 bits per heavy atom. The van der Waals surface area contributed by atoms with Gasteiger partial charge in [0.2, 0.25) is 0 Å². The van der Waals surface area contributed by atoms with Crippen LogP contribution in [0.3, 0.4) is 0 Å². The average Bonchev–Trinajstić information content (AvgIpc) is 2.47. The minimum absolute atomic E-state index is 0. The van der Waals surface area contributed by atoms with Gasteiger partial charge >= 0.3 is 0 Å². The number of benzene rings is 1. The van der Waals surface area contributed by atoms with Crippen molar-refractivity contribution >= 4 is 29.9 Å². The highest BCUT2D eigenvalue weighted by Crippen LogP contribution is 2.15. The molecule has 2 rings (SSSR count). The number of aliphatic hydroxyl groups excluding tert-OH is 1. The van der Waals surface area contributed by atoms with Gasteiger partial charge in [0, 0.05) is 37.7 Å². The number of ether oxygens (including phenoxy) is 1. The third-order valence-corrected chi connectivity index (χ3v) is 3.57. The Morgan fingerprint density at radius 2 is 1.81 bits per heavy atom. The molecule has 1 aromatic carbocycles. The van der Waals surface area contributed by atoms with Crippen LogP contribution < -0.4 is 4.74 Å². The summed E-state index contributed by atoms with van der Waals surface area (Å²) in [5, 5.41) is 9.51. The molecule has 1 saturated heterocycles. The lowest BCUT2D eigenvalue weighted by molar-refractivity contribution is -0.135. The topological polar surface area (TPSA) is 53.0 Å². The zero-order valence-electron chi connectivity index (χ0n) is 11.7. The van der Waals surface area contributed by atoms with E-state index in [9.17, 15) is 4.79 Å². The number of aliphatic hydroxyl groups is 1. The predicted octanol–water partition coefficient (Wildman–Crippen LogP) is 1.28. The molecule has 118 valence electrons. The molecule has 0 saturated carbocycles. The van der Waals surface area contributed by atoms with Crippen molar-refractivity contribution < 1.29 is 14.6 Å². The highest BCUT2D eigenvalue weighted by molar-refractivity contribution is 6.30. The maximum atomic E-state index is 12.0. The van der Waals surface area contributed by atoms with Crippen molar-refractivity contribution in [2.45, 2.75) is 0 Å². The van der Waals surface area contributed by atoms with E-state index in [1.165, 1.54) is 0 Å². The van der Waals surface area contributed by atoms with E-state index in [4.69, 9.17) is 21.4 Å². The Hall–Kier alpha value is -1.01. The Labute approximate surface area is 135 Å². The van der Waals surface area contributed by atoms with Crippen LogP contribution >= 0.6 is 24.0 Å². The lowest BCUT2D eigenvalue weighted by Gasteiger charge is -2.34. The molecule has 0 aliphatic carbocycles. The second kappa shape index (κ2) is 9.10. The van der Waals surface area contributed by atoms with Gasteiger partial charge < -0.3 is 14.7 Å². The van der Waals surface area contributed by atoms with E-state index in [1.807, 2.05) is 0 Å². The maximum Gasteiger partial charge on any atom is 0.260 e. The Kier molecular flexibility index (Phi) is 7.82. The quantitative estimate of drug-likeness (QED) is 0.881. The van der Waals surface area contributed by atoms with E-state index in [0.29, 0.717) is 30.4 Å².